The van der Waals surface area contributed by atoms with Gasteiger partial charge in [-0.1, -0.05) is 12.1 Å². The highest BCUT2D eigenvalue weighted by molar-refractivity contribution is 9.10. The first-order chi connectivity index (χ1) is 12.3. The molecule has 2 aromatic rings. The number of halogens is 1. The van der Waals surface area contributed by atoms with Crippen LogP contribution in [-0.2, 0) is 19.6 Å². The number of para-hydroxylation sites is 1. The summed E-state index contributed by atoms with van der Waals surface area (Å²) in [5.41, 5.74) is 0.555. The number of nitrogens with zero attached hydrogens (tertiary/aromatic N) is 1. The van der Waals surface area contributed by atoms with Crippen LogP contribution in [0.15, 0.2) is 51.8 Å². The van der Waals surface area contributed by atoms with Crippen LogP contribution in [0.1, 0.15) is 12.8 Å². The topological polar surface area (TPSA) is 92.8 Å². The van der Waals surface area contributed by atoms with E-state index in [2.05, 4.69) is 20.7 Å². The van der Waals surface area contributed by atoms with E-state index < -0.39 is 10.0 Å². The van der Waals surface area contributed by atoms with Crippen LogP contribution in [0, 0.1) is 0 Å². The van der Waals surface area contributed by atoms with Crippen molar-refractivity contribution in [3.8, 4) is 5.75 Å². The number of rotatable bonds is 5. The summed E-state index contributed by atoms with van der Waals surface area (Å²) >= 11 is 3.29. The average Bonchev–Trinajstić information content (AvgIpc) is 2.95. The highest BCUT2D eigenvalue weighted by atomic mass is 79.9. The number of carbonyl (C=O) groups is 2. The molecule has 7 nitrogen and oxygen atoms in total. The van der Waals surface area contributed by atoms with Crippen LogP contribution in [0.2, 0.25) is 0 Å². The van der Waals surface area contributed by atoms with Crippen LogP contribution in [0.4, 0.5) is 11.4 Å². The lowest BCUT2D eigenvalue weighted by Crippen LogP contribution is -2.28. The number of benzene rings is 2. The number of amides is 2. The quantitative estimate of drug-likeness (QED) is 0.724. The Morgan fingerprint density at radius 2 is 1.73 bits per heavy atom. The van der Waals surface area contributed by atoms with E-state index in [9.17, 15) is 18.0 Å². The largest absolute Gasteiger partial charge is 0.495 e. The van der Waals surface area contributed by atoms with Crippen molar-refractivity contribution in [2.75, 3.05) is 16.7 Å². The number of sulfonamides is 1. The maximum Gasteiger partial charge on any atom is 0.265 e. The normalized spacial score (nSPS) is 14.6. The number of carbonyl (C=O) groups excluding carboxylic acids is 2. The minimum atomic E-state index is -4.02. The van der Waals surface area contributed by atoms with E-state index in [1.54, 1.807) is 24.3 Å². The van der Waals surface area contributed by atoms with Gasteiger partial charge in [0.15, 0.2) is 0 Å². The first-order valence-electron chi connectivity index (χ1n) is 7.64. The number of ether oxygens (including phenoxy) is 1. The van der Waals surface area contributed by atoms with Crippen LogP contribution >= 0.6 is 15.9 Å². The van der Waals surface area contributed by atoms with Crippen molar-refractivity contribution in [1.82, 2.24) is 0 Å². The molecule has 2 aromatic carbocycles. The molecule has 0 aliphatic carbocycles. The summed E-state index contributed by atoms with van der Waals surface area (Å²) in [4.78, 5) is 24.7. The Morgan fingerprint density at radius 3 is 2.35 bits per heavy atom. The molecule has 1 saturated heterocycles. The van der Waals surface area contributed by atoms with Crippen molar-refractivity contribution in [2.45, 2.75) is 17.7 Å². The molecule has 1 N–H and O–H groups in total. The van der Waals surface area contributed by atoms with Gasteiger partial charge in [-0.05, 0) is 46.3 Å². The molecule has 0 bridgehead atoms. The molecule has 0 spiro atoms. The molecule has 1 heterocycles. The van der Waals surface area contributed by atoms with E-state index in [4.69, 9.17) is 4.74 Å². The minimum Gasteiger partial charge on any atom is -0.495 e. The average molecular weight is 439 g/mol. The highest BCUT2D eigenvalue weighted by Crippen LogP contribution is 2.33. The van der Waals surface area contributed by atoms with E-state index in [0.29, 0.717) is 10.2 Å². The fraction of sp³-hybridized carbons (Fsp3) is 0.176. The standard InChI is InChI=1S/C17H15BrN2O5S/c1-25-14-7-6-11(20-16(21)8-9-17(20)22)10-15(14)26(23,24)19-13-5-3-2-4-12(13)18/h2-7,10,19H,8-9H2,1H3. The zero-order valence-corrected chi connectivity index (χ0v) is 16.1. The van der Waals surface area contributed by atoms with Crippen molar-refractivity contribution in [3.63, 3.8) is 0 Å². The minimum absolute atomic E-state index is 0.104. The lowest BCUT2D eigenvalue weighted by atomic mass is 10.2. The third-order valence-corrected chi connectivity index (χ3v) is 5.94. The maximum atomic E-state index is 12.9. The van der Waals surface area contributed by atoms with Crippen molar-refractivity contribution >= 4 is 49.1 Å². The van der Waals surface area contributed by atoms with Gasteiger partial charge < -0.3 is 4.74 Å². The summed E-state index contributed by atoms with van der Waals surface area (Å²) in [5.74, 6) is -0.614. The molecule has 1 fully saturated rings. The molecule has 1 aliphatic rings. The van der Waals surface area contributed by atoms with E-state index in [0.717, 1.165) is 4.90 Å². The Kier molecular flexibility index (Phi) is 5.01. The van der Waals surface area contributed by atoms with Crippen LogP contribution in [0.25, 0.3) is 0 Å². The Morgan fingerprint density at radius 1 is 1.08 bits per heavy atom. The van der Waals surface area contributed by atoms with Crippen molar-refractivity contribution in [3.05, 3.63) is 46.9 Å². The second-order valence-electron chi connectivity index (χ2n) is 5.54. The van der Waals surface area contributed by atoms with Gasteiger partial charge in [0.25, 0.3) is 10.0 Å². The molecule has 9 heteroatoms. The predicted octanol–water partition coefficient (Wildman–Crippen LogP) is 2.91. The van der Waals surface area contributed by atoms with Crippen LogP contribution in [0.5, 0.6) is 5.75 Å². The van der Waals surface area contributed by atoms with Crippen molar-refractivity contribution in [2.24, 2.45) is 0 Å². The van der Waals surface area contributed by atoms with Crippen LogP contribution in [0.3, 0.4) is 0 Å². The SMILES string of the molecule is COc1ccc(N2C(=O)CCC2=O)cc1S(=O)(=O)Nc1ccccc1Br. The summed E-state index contributed by atoms with van der Waals surface area (Å²) in [6, 6.07) is 10.9. The van der Waals surface area contributed by atoms with Gasteiger partial charge in [-0.25, -0.2) is 8.42 Å². The molecular formula is C17H15BrN2O5S. The Hall–Kier alpha value is -2.39. The van der Waals surface area contributed by atoms with Gasteiger partial charge in [-0.2, -0.15) is 0 Å². The van der Waals surface area contributed by atoms with E-state index in [1.807, 2.05) is 0 Å². The molecule has 26 heavy (non-hydrogen) atoms. The third-order valence-electron chi connectivity index (χ3n) is 3.86. The first kappa shape index (κ1) is 18.4. The maximum absolute atomic E-state index is 12.9. The summed E-state index contributed by atoms with van der Waals surface area (Å²) in [5, 5.41) is 0. The lowest BCUT2D eigenvalue weighted by Gasteiger charge is -2.17. The lowest BCUT2D eigenvalue weighted by molar-refractivity contribution is -0.121. The molecule has 0 aromatic heterocycles. The van der Waals surface area contributed by atoms with Gasteiger partial charge in [0, 0.05) is 17.3 Å². The summed E-state index contributed by atoms with van der Waals surface area (Å²) in [6.07, 6.45) is 0.227. The number of imide groups is 1. The van der Waals surface area contributed by atoms with Crippen LogP contribution < -0.4 is 14.4 Å². The van der Waals surface area contributed by atoms with E-state index in [-0.39, 0.29) is 41.0 Å². The van der Waals surface area contributed by atoms with Gasteiger partial charge in [-0.15, -0.1) is 0 Å². The summed E-state index contributed by atoms with van der Waals surface area (Å²) in [7, 11) is -2.67. The number of hydrogen-bond donors (Lipinski definition) is 1. The molecule has 3 rings (SSSR count). The molecule has 0 radical (unpaired) electrons. The summed E-state index contributed by atoms with van der Waals surface area (Å²) in [6.45, 7) is 0. The Bertz CT molecular complexity index is 974. The van der Waals surface area contributed by atoms with Gasteiger partial charge in [0.1, 0.15) is 10.6 Å². The first-order valence-corrected chi connectivity index (χ1v) is 9.92. The van der Waals surface area contributed by atoms with Crippen molar-refractivity contribution in [1.29, 1.82) is 0 Å². The summed E-state index contributed by atoms with van der Waals surface area (Å²) < 4.78 is 33.9. The molecule has 0 unspecified atom stereocenters. The smallest absolute Gasteiger partial charge is 0.265 e. The molecular weight excluding hydrogens is 424 g/mol. The van der Waals surface area contributed by atoms with Gasteiger partial charge in [0.05, 0.1) is 18.5 Å². The second kappa shape index (κ2) is 7.08. The monoisotopic (exact) mass is 438 g/mol. The van der Waals surface area contributed by atoms with Crippen LogP contribution in [-0.4, -0.2) is 27.3 Å². The van der Waals surface area contributed by atoms with E-state index >= 15 is 0 Å². The van der Waals surface area contributed by atoms with Gasteiger partial charge in [-0.3, -0.25) is 19.2 Å². The number of nitrogens with one attached hydrogen (secondary N) is 1. The fourth-order valence-corrected chi connectivity index (χ4v) is 4.41. The predicted molar refractivity (Wildman–Crippen MR) is 99.7 cm³/mol. The van der Waals surface area contributed by atoms with Gasteiger partial charge in [0.2, 0.25) is 11.8 Å². The zero-order valence-electron chi connectivity index (χ0n) is 13.7. The molecule has 0 atom stereocenters. The molecule has 0 saturated carbocycles. The third kappa shape index (κ3) is 3.45. The Labute approximate surface area is 159 Å². The number of hydrogen-bond acceptors (Lipinski definition) is 5. The van der Waals surface area contributed by atoms with E-state index in [1.165, 1.54) is 25.3 Å². The van der Waals surface area contributed by atoms with Crippen molar-refractivity contribution < 1.29 is 22.7 Å². The number of anilines is 2. The number of methoxy groups -OCH3 is 1. The Balaban J connectivity index is 2.05. The second-order valence-corrected chi connectivity index (χ2v) is 8.05. The highest BCUT2D eigenvalue weighted by Gasteiger charge is 2.32. The van der Waals surface area contributed by atoms with Gasteiger partial charge >= 0.3 is 0 Å². The molecule has 136 valence electrons. The zero-order chi connectivity index (χ0) is 18.9. The fourth-order valence-electron chi connectivity index (χ4n) is 2.62. The molecule has 1 aliphatic heterocycles. The molecule has 2 amide bonds.